The highest BCUT2D eigenvalue weighted by Gasteiger charge is 2.15. The second-order valence-corrected chi connectivity index (χ2v) is 7.53. The van der Waals surface area contributed by atoms with Crippen LogP contribution in [0, 0.1) is 10.1 Å². The van der Waals surface area contributed by atoms with Crippen molar-refractivity contribution in [1.82, 2.24) is 9.97 Å². The van der Waals surface area contributed by atoms with Gasteiger partial charge in [-0.25, -0.2) is 0 Å². The lowest BCUT2D eigenvalue weighted by atomic mass is 10.0. The maximum atomic E-state index is 12.3. The van der Waals surface area contributed by atoms with Crippen molar-refractivity contribution in [3.05, 3.63) is 87.6 Å². The molecule has 0 unspecified atom stereocenters. The molecular formula is C23H19ClN4O3. The zero-order chi connectivity index (χ0) is 21.8. The number of carbonyl (C=O) groups is 1. The Balaban J connectivity index is 1.47. The second kappa shape index (κ2) is 8.97. The number of nitro benzene ring substituents is 1. The summed E-state index contributed by atoms with van der Waals surface area (Å²) in [5.74, 6) is -0.147. The first kappa shape index (κ1) is 20.6. The number of nitro groups is 1. The number of nitrogens with zero attached hydrogens (tertiary/aromatic N) is 2. The van der Waals surface area contributed by atoms with Crippen LogP contribution in [0.1, 0.15) is 18.4 Å². The van der Waals surface area contributed by atoms with Gasteiger partial charge in [0.25, 0.3) is 5.69 Å². The molecule has 0 aliphatic rings. The number of benzene rings is 2. The molecule has 4 aromatic rings. The van der Waals surface area contributed by atoms with Gasteiger partial charge in [0.15, 0.2) is 0 Å². The van der Waals surface area contributed by atoms with Crippen molar-refractivity contribution in [3.63, 3.8) is 0 Å². The van der Waals surface area contributed by atoms with E-state index in [2.05, 4.69) is 15.3 Å². The highest BCUT2D eigenvalue weighted by atomic mass is 35.5. The molecule has 0 aliphatic carbocycles. The van der Waals surface area contributed by atoms with Crippen LogP contribution in [0.25, 0.3) is 22.3 Å². The van der Waals surface area contributed by atoms with Gasteiger partial charge in [-0.2, -0.15) is 0 Å². The van der Waals surface area contributed by atoms with E-state index in [4.69, 9.17) is 11.6 Å². The number of fused-ring (bicyclic) bond motifs is 1. The Kier molecular flexibility index (Phi) is 5.95. The Hall–Kier alpha value is -3.71. The lowest BCUT2D eigenvalue weighted by Gasteiger charge is -2.07. The number of aromatic amines is 1. The van der Waals surface area contributed by atoms with Crippen LogP contribution in [0.4, 0.5) is 11.4 Å². The summed E-state index contributed by atoms with van der Waals surface area (Å²) >= 11 is 6.22. The molecule has 1 amide bonds. The number of rotatable bonds is 7. The van der Waals surface area contributed by atoms with Gasteiger partial charge in [0.1, 0.15) is 0 Å². The Morgan fingerprint density at radius 1 is 1.13 bits per heavy atom. The van der Waals surface area contributed by atoms with Crippen molar-refractivity contribution in [3.8, 4) is 11.4 Å². The molecule has 0 aliphatic heterocycles. The van der Waals surface area contributed by atoms with Crippen molar-refractivity contribution < 1.29 is 9.72 Å². The van der Waals surface area contributed by atoms with Crippen LogP contribution in [-0.4, -0.2) is 20.8 Å². The number of hydrogen-bond donors (Lipinski definition) is 2. The molecule has 2 aromatic heterocycles. The van der Waals surface area contributed by atoms with Gasteiger partial charge < -0.3 is 10.3 Å². The number of pyridine rings is 1. The van der Waals surface area contributed by atoms with E-state index in [1.807, 2.05) is 36.4 Å². The first-order valence-corrected chi connectivity index (χ1v) is 10.1. The molecule has 0 saturated carbocycles. The van der Waals surface area contributed by atoms with Crippen molar-refractivity contribution >= 4 is 39.8 Å². The minimum atomic E-state index is -0.474. The normalized spacial score (nSPS) is 10.9. The lowest BCUT2D eigenvalue weighted by Crippen LogP contribution is -2.11. The molecule has 2 N–H and O–H groups in total. The zero-order valence-electron chi connectivity index (χ0n) is 16.5. The third-order valence-corrected chi connectivity index (χ3v) is 5.22. The highest BCUT2D eigenvalue weighted by Crippen LogP contribution is 2.32. The van der Waals surface area contributed by atoms with E-state index in [9.17, 15) is 14.9 Å². The second-order valence-electron chi connectivity index (χ2n) is 7.09. The number of non-ortho nitro benzene ring substituents is 1. The summed E-state index contributed by atoms with van der Waals surface area (Å²) in [5, 5.41) is 15.2. The number of carbonyl (C=O) groups excluding carboxylic acids is 1. The van der Waals surface area contributed by atoms with Crippen LogP contribution in [0.5, 0.6) is 0 Å². The van der Waals surface area contributed by atoms with Crippen LogP contribution in [0.15, 0.2) is 66.9 Å². The standard InChI is InChI=1S/C23H19ClN4O3/c24-15-7-12-20-19(14-15)18(23(27-20)21-5-1-2-13-25-21)4-3-6-22(29)26-16-8-10-17(11-9-16)28(30)31/h1-2,5,7-14,27H,3-4,6H2,(H,26,29). The van der Waals surface area contributed by atoms with Crippen LogP contribution in [-0.2, 0) is 11.2 Å². The molecule has 0 radical (unpaired) electrons. The molecule has 2 aromatic carbocycles. The van der Waals surface area contributed by atoms with Crippen molar-refractivity contribution in [2.75, 3.05) is 5.32 Å². The third-order valence-electron chi connectivity index (χ3n) is 4.98. The number of amides is 1. The van der Waals surface area contributed by atoms with Crippen LogP contribution in [0.2, 0.25) is 5.02 Å². The van der Waals surface area contributed by atoms with E-state index in [1.54, 1.807) is 6.20 Å². The number of aryl methyl sites for hydroxylation is 1. The first-order chi connectivity index (χ1) is 15.0. The topological polar surface area (TPSA) is 101 Å². The van der Waals surface area contributed by atoms with Crippen molar-refractivity contribution in [2.45, 2.75) is 19.3 Å². The summed E-state index contributed by atoms with van der Waals surface area (Å²) in [4.78, 5) is 30.5. The quantitative estimate of drug-likeness (QED) is 0.285. The average molecular weight is 435 g/mol. The number of aromatic nitrogens is 2. The van der Waals surface area contributed by atoms with Gasteiger partial charge in [-0.1, -0.05) is 17.7 Å². The van der Waals surface area contributed by atoms with E-state index >= 15 is 0 Å². The largest absolute Gasteiger partial charge is 0.353 e. The van der Waals surface area contributed by atoms with Crippen molar-refractivity contribution in [1.29, 1.82) is 0 Å². The van der Waals surface area contributed by atoms with Crippen LogP contribution >= 0.6 is 11.6 Å². The Morgan fingerprint density at radius 2 is 1.94 bits per heavy atom. The van der Waals surface area contributed by atoms with E-state index in [1.165, 1.54) is 24.3 Å². The number of anilines is 1. The van der Waals surface area contributed by atoms with E-state index < -0.39 is 4.92 Å². The number of H-pyrrole nitrogens is 1. The first-order valence-electron chi connectivity index (χ1n) is 9.77. The predicted octanol–water partition coefficient (Wildman–Crippen LogP) is 5.75. The Morgan fingerprint density at radius 3 is 2.65 bits per heavy atom. The molecule has 8 heteroatoms. The maximum absolute atomic E-state index is 12.3. The summed E-state index contributed by atoms with van der Waals surface area (Å²) in [6, 6.07) is 17.2. The minimum Gasteiger partial charge on any atom is -0.353 e. The summed E-state index contributed by atoms with van der Waals surface area (Å²) in [7, 11) is 0. The average Bonchev–Trinajstić information content (AvgIpc) is 3.12. The van der Waals surface area contributed by atoms with E-state index in [-0.39, 0.29) is 11.6 Å². The fourth-order valence-corrected chi connectivity index (χ4v) is 3.70. The summed E-state index contributed by atoms with van der Waals surface area (Å²) in [5.41, 5.74) is 4.31. The summed E-state index contributed by atoms with van der Waals surface area (Å²) in [6.45, 7) is 0. The monoisotopic (exact) mass is 434 g/mol. The van der Waals surface area contributed by atoms with Crippen molar-refractivity contribution in [2.24, 2.45) is 0 Å². The highest BCUT2D eigenvalue weighted by molar-refractivity contribution is 6.31. The fourth-order valence-electron chi connectivity index (χ4n) is 3.52. The fraction of sp³-hybridized carbons (Fsp3) is 0.130. The molecule has 31 heavy (non-hydrogen) atoms. The maximum Gasteiger partial charge on any atom is 0.269 e. The molecular weight excluding hydrogens is 416 g/mol. The molecule has 4 rings (SSSR count). The van der Waals surface area contributed by atoms with E-state index in [0.29, 0.717) is 30.0 Å². The van der Waals surface area contributed by atoms with Crippen LogP contribution in [0.3, 0.4) is 0 Å². The van der Waals surface area contributed by atoms with E-state index in [0.717, 1.165) is 27.9 Å². The smallest absolute Gasteiger partial charge is 0.269 e. The van der Waals surface area contributed by atoms with Gasteiger partial charge in [-0.05, 0) is 60.9 Å². The Bertz CT molecular complexity index is 1240. The lowest BCUT2D eigenvalue weighted by molar-refractivity contribution is -0.384. The number of nitrogens with one attached hydrogen (secondary N) is 2. The van der Waals surface area contributed by atoms with Gasteiger partial charge in [0, 0.05) is 46.4 Å². The minimum absolute atomic E-state index is 0.0157. The molecule has 156 valence electrons. The molecule has 2 heterocycles. The molecule has 0 atom stereocenters. The van der Waals surface area contributed by atoms with Gasteiger partial charge in [0.2, 0.25) is 5.91 Å². The SMILES string of the molecule is O=C(CCCc1c(-c2ccccn2)[nH]c2ccc(Cl)cc12)Nc1ccc([N+](=O)[O-])cc1. The van der Waals surface area contributed by atoms with Gasteiger partial charge in [0.05, 0.1) is 16.3 Å². The number of hydrogen-bond acceptors (Lipinski definition) is 4. The molecule has 7 nitrogen and oxygen atoms in total. The summed E-state index contributed by atoms with van der Waals surface area (Å²) < 4.78 is 0. The summed E-state index contributed by atoms with van der Waals surface area (Å²) in [6.07, 6.45) is 3.35. The van der Waals surface area contributed by atoms with Gasteiger partial charge in [-0.15, -0.1) is 0 Å². The van der Waals surface area contributed by atoms with Crippen LogP contribution < -0.4 is 5.32 Å². The Labute approximate surface area is 183 Å². The molecule has 0 fully saturated rings. The molecule has 0 spiro atoms. The van der Waals surface area contributed by atoms with Gasteiger partial charge >= 0.3 is 0 Å². The zero-order valence-corrected chi connectivity index (χ0v) is 17.2. The molecule has 0 bridgehead atoms. The predicted molar refractivity (Wildman–Crippen MR) is 121 cm³/mol. The molecule has 0 saturated heterocycles. The number of halogens is 1. The van der Waals surface area contributed by atoms with Gasteiger partial charge in [-0.3, -0.25) is 19.9 Å². The third kappa shape index (κ3) is 4.73.